The molecular weight excluding hydrogens is 404 g/mol. The van der Waals surface area contributed by atoms with E-state index in [0.29, 0.717) is 25.1 Å². The van der Waals surface area contributed by atoms with Crippen LogP contribution in [0.2, 0.25) is 0 Å². The maximum absolute atomic E-state index is 13.0. The Hall–Kier alpha value is -2.18. The van der Waals surface area contributed by atoms with Crippen LogP contribution in [0, 0.1) is 23.7 Å². The molecule has 6 nitrogen and oxygen atoms in total. The predicted octanol–water partition coefficient (Wildman–Crippen LogP) is 2.75. The number of amides is 1. The maximum atomic E-state index is 13.0. The van der Waals surface area contributed by atoms with Gasteiger partial charge in [-0.3, -0.25) is 14.5 Å². The highest BCUT2D eigenvalue weighted by molar-refractivity contribution is 5.94. The summed E-state index contributed by atoms with van der Waals surface area (Å²) in [5.74, 6) is 0.867. The molecule has 0 radical (unpaired) electrons. The molecule has 5 fully saturated rings. The van der Waals surface area contributed by atoms with Gasteiger partial charge in [0.1, 0.15) is 6.10 Å². The minimum absolute atomic E-state index is 0.0400. The summed E-state index contributed by atoms with van der Waals surface area (Å²) in [6.45, 7) is 10.3. The van der Waals surface area contributed by atoms with E-state index in [1.807, 2.05) is 35.2 Å². The molecule has 7 atom stereocenters. The van der Waals surface area contributed by atoms with Gasteiger partial charge < -0.3 is 14.4 Å². The fourth-order valence-electron chi connectivity index (χ4n) is 6.94. The number of carbonyl (C=O) groups is 2. The standard InChI is InChI=1S/C26H32N2O4/c1-16-8-9-18-20(25(30)31-23(18)22-19(16)14-21-26(22,2)32-21)15-27-10-12-28(13-11-27)24(29)17-6-4-3-5-7-17/h3-7,18-23H,1,8-15H2,2H3/t18-,19-,20-,21-,22-,23-,26+/m0/s1. The second-order valence-corrected chi connectivity index (χ2v) is 10.5. The van der Waals surface area contributed by atoms with Crippen LogP contribution < -0.4 is 0 Å². The molecule has 2 aliphatic carbocycles. The van der Waals surface area contributed by atoms with E-state index in [4.69, 9.17) is 9.47 Å². The highest BCUT2D eigenvalue weighted by atomic mass is 16.6. The van der Waals surface area contributed by atoms with Gasteiger partial charge in [0.25, 0.3) is 5.91 Å². The number of allylic oxidation sites excluding steroid dienone is 1. The highest BCUT2D eigenvalue weighted by Crippen LogP contribution is 2.63. The van der Waals surface area contributed by atoms with Gasteiger partial charge in [-0.2, -0.15) is 0 Å². The average Bonchev–Trinajstić information content (AvgIpc) is 3.29. The largest absolute Gasteiger partial charge is 0.461 e. The van der Waals surface area contributed by atoms with Gasteiger partial charge in [0, 0.05) is 50.1 Å². The summed E-state index contributed by atoms with van der Waals surface area (Å²) >= 11 is 0. The lowest BCUT2D eigenvalue weighted by Gasteiger charge is -2.36. The van der Waals surface area contributed by atoms with Crippen molar-refractivity contribution in [3.05, 3.63) is 48.0 Å². The quantitative estimate of drug-likeness (QED) is 0.414. The number of piperazine rings is 1. The zero-order valence-electron chi connectivity index (χ0n) is 18.7. The summed E-state index contributed by atoms with van der Waals surface area (Å²) in [7, 11) is 0. The molecule has 170 valence electrons. The number of hydrogen-bond acceptors (Lipinski definition) is 5. The lowest BCUT2D eigenvalue weighted by atomic mass is 9.77. The van der Waals surface area contributed by atoms with E-state index in [0.717, 1.165) is 44.5 Å². The Balaban J connectivity index is 1.12. The zero-order chi connectivity index (χ0) is 22.0. The van der Waals surface area contributed by atoms with E-state index in [1.54, 1.807) is 0 Å². The van der Waals surface area contributed by atoms with Crippen molar-refractivity contribution in [1.82, 2.24) is 9.80 Å². The summed E-state index contributed by atoms with van der Waals surface area (Å²) in [5.41, 5.74) is 1.92. The van der Waals surface area contributed by atoms with Crippen molar-refractivity contribution in [3.63, 3.8) is 0 Å². The molecule has 3 heterocycles. The molecule has 5 aliphatic rings. The molecule has 6 heteroatoms. The third-order valence-electron chi connectivity index (χ3n) is 8.85. The molecule has 1 aromatic carbocycles. The maximum Gasteiger partial charge on any atom is 0.310 e. The molecule has 3 aliphatic heterocycles. The molecule has 0 unspecified atom stereocenters. The SMILES string of the molecule is C=C1CC[C@@H]2[C@H](OC(=O)[C@H]2CN2CCN(C(=O)c3ccccc3)CC2)[C@@H]2[C@H]1C[C@@H]1O[C@@]21C. The topological polar surface area (TPSA) is 62.4 Å². The summed E-state index contributed by atoms with van der Waals surface area (Å²) in [4.78, 5) is 30.0. The van der Waals surface area contributed by atoms with E-state index in [1.165, 1.54) is 5.57 Å². The van der Waals surface area contributed by atoms with Crippen molar-refractivity contribution in [2.45, 2.75) is 44.0 Å². The Bertz CT molecular complexity index is 940. The molecule has 1 amide bonds. The van der Waals surface area contributed by atoms with Crippen LogP contribution in [-0.4, -0.2) is 72.2 Å². The molecular formula is C26H32N2O4. The third-order valence-corrected chi connectivity index (χ3v) is 8.85. The Morgan fingerprint density at radius 1 is 1.19 bits per heavy atom. The Morgan fingerprint density at radius 2 is 1.94 bits per heavy atom. The molecule has 0 aromatic heterocycles. The van der Waals surface area contributed by atoms with Gasteiger partial charge in [-0.25, -0.2) is 0 Å². The molecule has 3 saturated heterocycles. The summed E-state index contributed by atoms with van der Waals surface area (Å²) in [6, 6.07) is 9.46. The van der Waals surface area contributed by atoms with Crippen molar-refractivity contribution in [2.75, 3.05) is 32.7 Å². The lowest BCUT2D eigenvalue weighted by molar-refractivity contribution is -0.147. The fourth-order valence-corrected chi connectivity index (χ4v) is 6.94. The average molecular weight is 437 g/mol. The fraction of sp³-hybridized carbons (Fsp3) is 0.615. The summed E-state index contributed by atoms with van der Waals surface area (Å²) < 4.78 is 12.1. The molecule has 1 aromatic rings. The second-order valence-electron chi connectivity index (χ2n) is 10.5. The van der Waals surface area contributed by atoms with Crippen LogP contribution in [0.25, 0.3) is 0 Å². The number of nitrogens with zero attached hydrogens (tertiary/aromatic N) is 2. The first-order valence-electron chi connectivity index (χ1n) is 12.1. The molecule has 32 heavy (non-hydrogen) atoms. The predicted molar refractivity (Wildman–Crippen MR) is 119 cm³/mol. The third kappa shape index (κ3) is 3.14. The first-order chi connectivity index (χ1) is 15.5. The van der Waals surface area contributed by atoms with Gasteiger partial charge >= 0.3 is 5.97 Å². The normalized spacial score (nSPS) is 40.8. The van der Waals surface area contributed by atoms with Crippen molar-refractivity contribution < 1.29 is 19.1 Å². The number of hydrogen-bond donors (Lipinski definition) is 0. The molecule has 0 bridgehead atoms. The molecule has 0 N–H and O–H groups in total. The number of esters is 1. The van der Waals surface area contributed by atoms with E-state index in [2.05, 4.69) is 18.4 Å². The number of fused-ring (bicyclic) bond motifs is 5. The van der Waals surface area contributed by atoms with Gasteiger partial charge in [0.2, 0.25) is 0 Å². The summed E-state index contributed by atoms with van der Waals surface area (Å²) in [6.07, 6.45) is 3.25. The highest BCUT2D eigenvalue weighted by Gasteiger charge is 2.71. The molecule has 2 saturated carbocycles. The van der Waals surface area contributed by atoms with Gasteiger partial charge in [-0.05, 0) is 44.2 Å². The Labute approximate surface area is 189 Å². The zero-order valence-corrected chi connectivity index (χ0v) is 18.7. The van der Waals surface area contributed by atoms with Crippen LogP contribution in [0.4, 0.5) is 0 Å². The van der Waals surface area contributed by atoms with Gasteiger partial charge in [-0.15, -0.1) is 0 Å². The van der Waals surface area contributed by atoms with Crippen molar-refractivity contribution in [3.8, 4) is 0 Å². The van der Waals surface area contributed by atoms with E-state index in [9.17, 15) is 9.59 Å². The van der Waals surface area contributed by atoms with Crippen molar-refractivity contribution >= 4 is 11.9 Å². The first kappa shape index (κ1) is 20.4. The number of ether oxygens (including phenoxy) is 2. The number of epoxide rings is 1. The van der Waals surface area contributed by atoms with Crippen LogP contribution >= 0.6 is 0 Å². The van der Waals surface area contributed by atoms with Crippen molar-refractivity contribution in [2.24, 2.45) is 23.7 Å². The van der Waals surface area contributed by atoms with Gasteiger partial charge in [0.05, 0.1) is 17.6 Å². The summed E-state index contributed by atoms with van der Waals surface area (Å²) in [5, 5.41) is 0. The minimum Gasteiger partial charge on any atom is -0.461 e. The smallest absolute Gasteiger partial charge is 0.310 e. The van der Waals surface area contributed by atoms with Crippen LogP contribution in [0.1, 0.15) is 36.5 Å². The van der Waals surface area contributed by atoms with Crippen LogP contribution in [-0.2, 0) is 14.3 Å². The first-order valence-corrected chi connectivity index (χ1v) is 12.1. The van der Waals surface area contributed by atoms with Crippen molar-refractivity contribution in [1.29, 1.82) is 0 Å². The lowest BCUT2D eigenvalue weighted by Crippen LogP contribution is -2.50. The van der Waals surface area contributed by atoms with Crippen LogP contribution in [0.5, 0.6) is 0 Å². The Morgan fingerprint density at radius 3 is 2.69 bits per heavy atom. The second kappa shape index (κ2) is 7.42. The van der Waals surface area contributed by atoms with E-state index in [-0.39, 0.29) is 41.3 Å². The monoisotopic (exact) mass is 436 g/mol. The minimum atomic E-state index is -0.139. The van der Waals surface area contributed by atoms with E-state index < -0.39 is 0 Å². The van der Waals surface area contributed by atoms with Crippen LogP contribution in [0.15, 0.2) is 42.5 Å². The van der Waals surface area contributed by atoms with E-state index >= 15 is 0 Å². The number of rotatable bonds is 3. The molecule has 0 spiro atoms. The van der Waals surface area contributed by atoms with Gasteiger partial charge in [0.15, 0.2) is 0 Å². The number of benzene rings is 1. The van der Waals surface area contributed by atoms with Crippen LogP contribution in [0.3, 0.4) is 0 Å². The Kier molecular flexibility index (Phi) is 4.74. The molecule has 6 rings (SSSR count). The number of carbonyl (C=O) groups excluding carboxylic acids is 2. The van der Waals surface area contributed by atoms with Gasteiger partial charge in [-0.1, -0.05) is 30.4 Å².